The zero-order valence-corrected chi connectivity index (χ0v) is 15.9. The number of hydrogen-bond acceptors (Lipinski definition) is 5. The van der Waals surface area contributed by atoms with Crippen LogP contribution < -0.4 is 5.32 Å². The van der Waals surface area contributed by atoms with E-state index in [2.05, 4.69) is 20.5 Å². The molecule has 0 aliphatic carbocycles. The maximum atomic E-state index is 12.9. The maximum absolute atomic E-state index is 12.9. The van der Waals surface area contributed by atoms with Gasteiger partial charge >= 0.3 is 6.18 Å². The lowest BCUT2D eigenvalue weighted by molar-refractivity contribution is -0.137. The molecule has 0 saturated heterocycles. The van der Waals surface area contributed by atoms with Crippen LogP contribution in [-0.2, 0) is 6.18 Å². The lowest BCUT2D eigenvalue weighted by atomic mass is 10.0. The van der Waals surface area contributed by atoms with E-state index in [1.165, 1.54) is 6.07 Å². The second kappa shape index (κ2) is 7.62. The van der Waals surface area contributed by atoms with Crippen molar-refractivity contribution in [2.24, 2.45) is 0 Å². The first kappa shape index (κ1) is 19.6. The number of halogens is 3. The van der Waals surface area contributed by atoms with Crippen LogP contribution in [0.25, 0.3) is 22.0 Å². The molecule has 0 bridgehead atoms. The molecule has 1 unspecified atom stereocenters. The third-order valence-electron chi connectivity index (χ3n) is 4.75. The highest BCUT2D eigenvalue weighted by Gasteiger charge is 2.31. The lowest BCUT2D eigenvalue weighted by Gasteiger charge is -2.16. The van der Waals surface area contributed by atoms with Gasteiger partial charge in [-0.1, -0.05) is 30.3 Å². The minimum Gasteiger partial charge on any atom is -0.507 e. The minimum atomic E-state index is -4.54. The zero-order chi connectivity index (χ0) is 21.3. The molecule has 2 heterocycles. The summed E-state index contributed by atoms with van der Waals surface area (Å²) in [6.07, 6.45) is -2.84. The van der Waals surface area contributed by atoms with E-state index < -0.39 is 17.5 Å². The molecule has 0 fully saturated rings. The third kappa shape index (κ3) is 3.76. The molecule has 0 spiro atoms. The van der Waals surface area contributed by atoms with Gasteiger partial charge in [-0.15, -0.1) is 10.2 Å². The Labute approximate surface area is 170 Å². The Hall–Kier alpha value is -3.68. The quantitative estimate of drug-likeness (QED) is 0.459. The van der Waals surface area contributed by atoms with Crippen LogP contribution in [0.1, 0.15) is 24.2 Å². The normalized spacial score (nSPS) is 12.7. The van der Waals surface area contributed by atoms with Crippen LogP contribution in [0.5, 0.6) is 5.75 Å². The highest BCUT2D eigenvalue weighted by molar-refractivity contribution is 6.00. The van der Waals surface area contributed by atoms with Gasteiger partial charge in [0.25, 0.3) is 0 Å². The Kier molecular flexibility index (Phi) is 4.99. The molecule has 30 heavy (non-hydrogen) atoms. The van der Waals surface area contributed by atoms with Crippen LogP contribution in [0.2, 0.25) is 0 Å². The number of fused-ring (bicyclic) bond motifs is 1. The Morgan fingerprint density at radius 2 is 1.67 bits per heavy atom. The van der Waals surface area contributed by atoms with Crippen molar-refractivity contribution >= 4 is 16.6 Å². The van der Waals surface area contributed by atoms with Crippen LogP contribution in [0.4, 0.5) is 19.0 Å². The highest BCUT2D eigenvalue weighted by atomic mass is 19.4. The summed E-state index contributed by atoms with van der Waals surface area (Å²) in [5, 5.41) is 23.3. The van der Waals surface area contributed by atoms with Crippen LogP contribution in [0, 0.1) is 0 Å². The summed E-state index contributed by atoms with van der Waals surface area (Å²) < 4.78 is 38.8. The molecule has 2 N–H and O–H groups in total. The van der Waals surface area contributed by atoms with E-state index in [-0.39, 0.29) is 11.6 Å². The van der Waals surface area contributed by atoms with E-state index in [0.29, 0.717) is 23.0 Å². The molecule has 0 aliphatic rings. The molecular formula is C22H17F3N4O. The number of aromatic hydroxyl groups is 1. The van der Waals surface area contributed by atoms with Crippen molar-refractivity contribution in [3.05, 3.63) is 78.1 Å². The van der Waals surface area contributed by atoms with Crippen molar-refractivity contribution in [1.82, 2.24) is 15.2 Å². The van der Waals surface area contributed by atoms with Crippen LogP contribution in [0.15, 0.2) is 66.9 Å². The summed E-state index contributed by atoms with van der Waals surface area (Å²) in [6, 6.07) is 15.5. The fourth-order valence-corrected chi connectivity index (χ4v) is 3.23. The van der Waals surface area contributed by atoms with Gasteiger partial charge in [-0.05, 0) is 37.3 Å². The number of rotatable bonds is 4. The number of nitrogens with one attached hydrogen (secondary N) is 1. The van der Waals surface area contributed by atoms with Crippen LogP contribution in [0.3, 0.4) is 0 Å². The van der Waals surface area contributed by atoms with Gasteiger partial charge < -0.3 is 10.4 Å². The van der Waals surface area contributed by atoms with Gasteiger partial charge in [0.2, 0.25) is 0 Å². The Morgan fingerprint density at radius 3 is 2.33 bits per heavy atom. The molecule has 5 nitrogen and oxygen atoms in total. The van der Waals surface area contributed by atoms with Gasteiger partial charge in [-0.3, -0.25) is 4.98 Å². The second-order valence-corrected chi connectivity index (χ2v) is 6.79. The first-order chi connectivity index (χ1) is 14.3. The molecule has 1 atom stereocenters. The van der Waals surface area contributed by atoms with Crippen molar-refractivity contribution < 1.29 is 18.3 Å². The number of nitrogens with zero attached hydrogens (tertiary/aromatic N) is 3. The van der Waals surface area contributed by atoms with Gasteiger partial charge in [-0.25, -0.2) is 0 Å². The number of aromatic nitrogens is 3. The van der Waals surface area contributed by atoms with Crippen molar-refractivity contribution in [3.63, 3.8) is 0 Å². The smallest absolute Gasteiger partial charge is 0.416 e. The largest absolute Gasteiger partial charge is 0.507 e. The number of alkyl halides is 3. The molecule has 2 aromatic heterocycles. The standard InChI is InChI=1S/C22H17F3N4O/c1-13(18-8-4-5-11-26-18)27-21-16-7-3-2-6-15(16)20(28-29-21)17-10-9-14(12-19(17)30)22(23,24)25/h2-13,30H,1H3,(H,27,29). The van der Waals surface area contributed by atoms with E-state index >= 15 is 0 Å². The molecule has 0 aliphatic heterocycles. The number of phenols is 1. The number of hydrogen-bond donors (Lipinski definition) is 2. The monoisotopic (exact) mass is 410 g/mol. The third-order valence-corrected chi connectivity index (χ3v) is 4.75. The molecule has 152 valence electrons. The molecule has 8 heteroatoms. The van der Waals surface area contributed by atoms with Crippen LogP contribution in [-0.4, -0.2) is 20.3 Å². The molecule has 2 aromatic carbocycles. The molecule has 0 saturated carbocycles. The van der Waals surface area contributed by atoms with Gasteiger partial charge in [0.05, 0.1) is 17.3 Å². The number of anilines is 1. The second-order valence-electron chi connectivity index (χ2n) is 6.79. The molecule has 4 rings (SSSR count). The average molecular weight is 410 g/mol. The van der Waals surface area contributed by atoms with Gasteiger partial charge in [0.1, 0.15) is 11.4 Å². The van der Waals surface area contributed by atoms with E-state index in [4.69, 9.17) is 0 Å². The fourth-order valence-electron chi connectivity index (χ4n) is 3.23. The van der Waals surface area contributed by atoms with E-state index in [1.54, 1.807) is 18.3 Å². The Bertz CT molecular complexity index is 1200. The number of phenolic OH excluding ortho intramolecular Hbond substituents is 1. The Morgan fingerprint density at radius 1 is 0.933 bits per heavy atom. The van der Waals surface area contributed by atoms with Gasteiger partial charge in [-0.2, -0.15) is 13.2 Å². The molecule has 0 amide bonds. The van der Waals surface area contributed by atoms with E-state index in [1.807, 2.05) is 37.3 Å². The van der Waals surface area contributed by atoms with Crippen molar-refractivity contribution in [3.8, 4) is 17.0 Å². The fraction of sp³-hybridized carbons (Fsp3) is 0.136. The maximum Gasteiger partial charge on any atom is 0.416 e. The summed E-state index contributed by atoms with van der Waals surface area (Å²) in [5.41, 5.74) is 0.375. The highest BCUT2D eigenvalue weighted by Crippen LogP contribution is 2.38. The molecule has 4 aromatic rings. The zero-order valence-electron chi connectivity index (χ0n) is 15.9. The average Bonchev–Trinajstić information content (AvgIpc) is 2.74. The van der Waals surface area contributed by atoms with Crippen LogP contribution >= 0.6 is 0 Å². The van der Waals surface area contributed by atoms with E-state index in [0.717, 1.165) is 17.1 Å². The topological polar surface area (TPSA) is 70.9 Å². The van der Waals surface area contributed by atoms with Crippen molar-refractivity contribution in [2.75, 3.05) is 5.32 Å². The first-order valence-corrected chi connectivity index (χ1v) is 9.18. The summed E-state index contributed by atoms with van der Waals surface area (Å²) in [5.74, 6) is 0.00532. The number of benzene rings is 2. The Balaban J connectivity index is 1.77. The summed E-state index contributed by atoms with van der Waals surface area (Å²) in [4.78, 5) is 4.32. The lowest BCUT2D eigenvalue weighted by Crippen LogP contribution is -2.10. The van der Waals surface area contributed by atoms with Crippen molar-refractivity contribution in [2.45, 2.75) is 19.1 Å². The number of pyridine rings is 1. The predicted octanol–water partition coefficient (Wildman–Crippen LogP) is 5.59. The summed E-state index contributed by atoms with van der Waals surface area (Å²) in [7, 11) is 0. The van der Waals surface area contributed by atoms with Gasteiger partial charge in [0.15, 0.2) is 5.82 Å². The first-order valence-electron chi connectivity index (χ1n) is 9.18. The SMILES string of the molecule is CC(Nc1nnc(-c2ccc(C(F)(F)F)cc2O)c2ccccc12)c1ccccn1. The van der Waals surface area contributed by atoms with Crippen molar-refractivity contribution in [1.29, 1.82) is 0 Å². The molecular weight excluding hydrogens is 393 g/mol. The summed E-state index contributed by atoms with van der Waals surface area (Å²) >= 11 is 0. The predicted molar refractivity (Wildman–Crippen MR) is 108 cm³/mol. The van der Waals surface area contributed by atoms with E-state index in [9.17, 15) is 18.3 Å². The van der Waals surface area contributed by atoms with Gasteiger partial charge in [0, 0.05) is 22.5 Å². The minimum absolute atomic E-state index is 0.144. The molecule has 0 radical (unpaired) electrons. The summed E-state index contributed by atoms with van der Waals surface area (Å²) in [6.45, 7) is 1.94.